The van der Waals surface area contributed by atoms with Gasteiger partial charge in [0, 0.05) is 17.2 Å². The van der Waals surface area contributed by atoms with Crippen LogP contribution < -0.4 is 0 Å². The van der Waals surface area contributed by atoms with Gasteiger partial charge in [-0.15, -0.1) is 0 Å². The molecule has 6 rings (SSSR count). The molecule has 3 unspecified atom stereocenters. The molecule has 1 spiro atoms. The highest BCUT2D eigenvalue weighted by molar-refractivity contribution is 9.09. The Balaban J connectivity index is 1.26. The lowest BCUT2D eigenvalue weighted by molar-refractivity contribution is -0.271. The van der Waals surface area contributed by atoms with Crippen molar-refractivity contribution < 1.29 is 14.6 Å². The Hall–Kier alpha value is 0.360. The second-order valence-electron chi connectivity index (χ2n) is 13.2. The fourth-order valence-corrected chi connectivity index (χ4v) is 10.8. The number of halogens is 1. The minimum absolute atomic E-state index is 0.0452. The maximum Gasteiger partial charge on any atom is 0.172 e. The van der Waals surface area contributed by atoms with Crippen LogP contribution in [0.5, 0.6) is 0 Å². The first kappa shape index (κ1) is 21.9. The largest absolute Gasteiger partial charge is 0.393 e. The van der Waals surface area contributed by atoms with Crippen molar-refractivity contribution in [1.82, 2.24) is 0 Å². The molecule has 0 aromatic carbocycles. The molecule has 4 saturated carbocycles. The van der Waals surface area contributed by atoms with E-state index >= 15 is 0 Å². The molecule has 1 N–H and O–H groups in total. The van der Waals surface area contributed by atoms with E-state index in [0.717, 1.165) is 49.5 Å². The summed E-state index contributed by atoms with van der Waals surface area (Å²) in [6, 6.07) is 0. The van der Waals surface area contributed by atoms with Crippen molar-refractivity contribution in [3.8, 4) is 0 Å². The molecular weight excluding hydrogens is 452 g/mol. The van der Waals surface area contributed by atoms with Crippen LogP contribution in [0.15, 0.2) is 0 Å². The van der Waals surface area contributed by atoms with Crippen LogP contribution in [0, 0.1) is 52.3 Å². The van der Waals surface area contributed by atoms with Crippen molar-refractivity contribution in [2.75, 3.05) is 6.61 Å². The highest BCUT2D eigenvalue weighted by Crippen LogP contribution is 2.71. The number of alkyl halides is 1. The van der Waals surface area contributed by atoms with E-state index in [1.54, 1.807) is 0 Å². The number of rotatable bonds is 0. The second kappa shape index (κ2) is 7.18. The molecule has 2 heterocycles. The van der Waals surface area contributed by atoms with Crippen molar-refractivity contribution in [3.63, 3.8) is 0 Å². The maximum absolute atomic E-state index is 10.3. The van der Waals surface area contributed by atoms with Crippen LogP contribution in [0.4, 0.5) is 0 Å². The zero-order chi connectivity index (χ0) is 21.8. The van der Waals surface area contributed by atoms with Gasteiger partial charge in [0.25, 0.3) is 0 Å². The molecule has 0 aromatic rings. The molecule has 6 fully saturated rings. The summed E-state index contributed by atoms with van der Waals surface area (Å²) < 4.78 is 13.5. The Morgan fingerprint density at radius 2 is 1.71 bits per heavy atom. The van der Waals surface area contributed by atoms with E-state index in [1.807, 2.05) is 0 Å². The fraction of sp³-hybridized carbons (Fsp3) is 1.00. The van der Waals surface area contributed by atoms with Gasteiger partial charge in [0.2, 0.25) is 0 Å². The smallest absolute Gasteiger partial charge is 0.172 e. The topological polar surface area (TPSA) is 38.7 Å². The van der Waals surface area contributed by atoms with Crippen LogP contribution in [0.25, 0.3) is 0 Å². The van der Waals surface area contributed by atoms with Gasteiger partial charge in [0.1, 0.15) is 0 Å². The van der Waals surface area contributed by atoms with Crippen LogP contribution in [0.1, 0.15) is 85.5 Å². The molecular formula is C27H43BrO3. The van der Waals surface area contributed by atoms with Crippen LogP contribution >= 0.6 is 15.9 Å². The number of fused-ring (bicyclic) bond motifs is 7. The summed E-state index contributed by atoms with van der Waals surface area (Å²) >= 11 is 3.94. The van der Waals surface area contributed by atoms with E-state index in [-0.39, 0.29) is 11.9 Å². The van der Waals surface area contributed by atoms with Crippen LogP contribution in [0.2, 0.25) is 0 Å². The van der Waals surface area contributed by atoms with Crippen molar-refractivity contribution in [3.05, 3.63) is 0 Å². The minimum Gasteiger partial charge on any atom is -0.393 e. The highest BCUT2D eigenvalue weighted by atomic mass is 79.9. The van der Waals surface area contributed by atoms with E-state index in [9.17, 15) is 5.11 Å². The van der Waals surface area contributed by atoms with Gasteiger partial charge < -0.3 is 14.6 Å². The van der Waals surface area contributed by atoms with Gasteiger partial charge in [-0.25, -0.2) is 0 Å². The molecule has 13 atom stereocenters. The monoisotopic (exact) mass is 494 g/mol. The molecule has 4 aliphatic carbocycles. The van der Waals surface area contributed by atoms with Gasteiger partial charge in [-0.2, -0.15) is 0 Å². The van der Waals surface area contributed by atoms with Crippen LogP contribution in [-0.2, 0) is 9.47 Å². The van der Waals surface area contributed by atoms with Crippen LogP contribution in [0.3, 0.4) is 0 Å². The molecule has 31 heavy (non-hydrogen) atoms. The van der Waals surface area contributed by atoms with Gasteiger partial charge in [-0.1, -0.05) is 43.6 Å². The predicted molar refractivity (Wildman–Crippen MR) is 126 cm³/mol. The summed E-state index contributed by atoms with van der Waals surface area (Å²) in [6.45, 7) is 10.8. The molecule has 2 aliphatic heterocycles. The summed E-state index contributed by atoms with van der Waals surface area (Å²) in [7, 11) is 0. The van der Waals surface area contributed by atoms with Gasteiger partial charge in [-0.05, 0) is 97.7 Å². The van der Waals surface area contributed by atoms with Crippen molar-refractivity contribution in [2.24, 2.45) is 52.3 Å². The molecule has 0 aromatic heterocycles. The fourth-order valence-electron chi connectivity index (χ4n) is 10.2. The average molecular weight is 496 g/mol. The Morgan fingerprint density at radius 1 is 0.935 bits per heavy atom. The number of aliphatic hydroxyl groups is 1. The average Bonchev–Trinajstić information content (AvgIpc) is 3.16. The third-order valence-electron chi connectivity index (χ3n) is 12.0. The zero-order valence-corrected chi connectivity index (χ0v) is 21.6. The molecule has 0 radical (unpaired) electrons. The molecule has 4 heteroatoms. The van der Waals surface area contributed by atoms with E-state index < -0.39 is 0 Å². The standard InChI is InChI=1S/C27H43BrO3/c1-15-14-30-27(13-22(15)28)16(2)24-23(31-27)12-21-19-6-5-17-11-18(29)7-9-25(17,3)20(19)8-10-26(21,24)4/h15-24,29H,5-14H2,1-4H3/t15-,16+,17-,18+,19?,20?,21?,22+,23+,24+,25+,26+,27-/m1/s1. The normalized spacial score (nSPS) is 63.3. The molecule has 0 bridgehead atoms. The van der Waals surface area contributed by atoms with E-state index in [1.165, 1.54) is 38.5 Å². The summed E-state index contributed by atoms with van der Waals surface area (Å²) in [6.07, 6.45) is 11.4. The quantitative estimate of drug-likeness (QED) is 0.409. The third kappa shape index (κ3) is 2.93. The van der Waals surface area contributed by atoms with Crippen molar-refractivity contribution in [2.45, 2.75) is 108 Å². The summed E-state index contributed by atoms with van der Waals surface area (Å²) in [4.78, 5) is 0.499. The number of hydrogen-bond donors (Lipinski definition) is 1. The predicted octanol–water partition coefficient (Wildman–Crippen LogP) is 6.17. The molecule has 0 amide bonds. The Kier molecular flexibility index (Phi) is 5.07. The summed E-state index contributed by atoms with van der Waals surface area (Å²) in [5.74, 6) is 4.61. The SMILES string of the molecule is C[C@@H]1CO[C@]2(C[C@@H]1Br)O[C@H]1CC3C4CC[C@@H]5C[C@@H](O)CC[C@]5(C)C4CC[C@]3(C)[C@H]1[C@@H]2C. The lowest BCUT2D eigenvalue weighted by atomic mass is 9.44. The lowest BCUT2D eigenvalue weighted by Gasteiger charge is -2.61. The first-order chi connectivity index (χ1) is 14.7. The maximum atomic E-state index is 10.3. The highest BCUT2D eigenvalue weighted by Gasteiger charge is 2.69. The molecule has 6 aliphatic rings. The number of aliphatic hydroxyl groups excluding tert-OH is 1. The van der Waals surface area contributed by atoms with Gasteiger partial charge in [0.05, 0.1) is 18.8 Å². The van der Waals surface area contributed by atoms with Crippen molar-refractivity contribution >= 4 is 15.9 Å². The Morgan fingerprint density at radius 3 is 2.48 bits per heavy atom. The van der Waals surface area contributed by atoms with E-state index in [4.69, 9.17) is 9.47 Å². The molecule has 176 valence electrons. The second-order valence-corrected chi connectivity index (χ2v) is 14.3. The molecule has 2 saturated heterocycles. The molecule has 3 nitrogen and oxygen atoms in total. The van der Waals surface area contributed by atoms with E-state index in [2.05, 4.69) is 43.6 Å². The minimum atomic E-state index is -0.357. The summed E-state index contributed by atoms with van der Waals surface area (Å²) in [5.41, 5.74) is 0.862. The third-order valence-corrected chi connectivity index (χ3v) is 13.2. The number of hydrogen-bond acceptors (Lipinski definition) is 3. The zero-order valence-electron chi connectivity index (χ0n) is 20.0. The van der Waals surface area contributed by atoms with Crippen LogP contribution in [-0.4, -0.2) is 34.5 Å². The Bertz CT molecular complexity index is 729. The Labute approximate surface area is 197 Å². The first-order valence-electron chi connectivity index (χ1n) is 13.3. The van der Waals surface area contributed by atoms with Crippen molar-refractivity contribution in [1.29, 1.82) is 0 Å². The lowest BCUT2D eigenvalue weighted by Crippen LogP contribution is -2.55. The summed E-state index contributed by atoms with van der Waals surface area (Å²) in [5, 5.41) is 10.3. The van der Waals surface area contributed by atoms with Gasteiger partial charge in [0.15, 0.2) is 5.79 Å². The van der Waals surface area contributed by atoms with Gasteiger partial charge in [-0.3, -0.25) is 0 Å². The first-order valence-corrected chi connectivity index (χ1v) is 14.2. The van der Waals surface area contributed by atoms with E-state index in [0.29, 0.717) is 39.5 Å². The van der Waals surface area contributed by atoms with Gasteiger partial charge >= 0.3 is 0 Å². The number of ether oxygens (including phenoxy) is 2.